The van der Waals surface area contributed by atoms with Crippen LogP contribution < -0.4 is 0 Å². The summed E-state index contributed by atoms with van der Waals surface area (Å²) < 4.78 is 13.6. The molecule has 2 heteroatoms. The van der Waals surface area contributed by atoms with Crippen LogP contribution in [-0.4, -0.2) is 5.11 Å². The summed E-state index contributed by atoms with van der Waals surface area (Å²) in [6.45, 7) is 6.05. The Kier molecular flexibility index (Phi) is 4.01. The molecule has 0 amide bonds. The molecule has 19 heavy (non-hydrogen) atoms. The first kappa shape index (κ1) is 13.8. The molecule has 1 N–H and O–H groups in total. The summed E-state index contributed by atoms with van der Waals surface area (Å²) in [6.07, 6.45) is -0.369. The molecule has 2 aromatic carbocycles. The van der Waals surface area contributed by atoms with Gasteiger partial charge in [0.1, 0.15) is 5.82 Å². The van der Waals surface area contributed by atoms with Crippen LogP contribution in [0.3, 0.4) is 0 Å². The van der Waals surface area contributed by atoms with Gasteiger partial charge in [-0.15, -0.1) is 0 Å². The van der Waals surface area contributed by atoms with Crippen molar-refractivity contribution < 1.29 is 9.50 Å². The number of aliphatic hydroxyl groups excluding tert-OH is 1. The van der Waals surface area contributed by atoms with Crippen LogP contribution in [0.2, 0.25) is 0 Å². The standard InChI is InChI=1S/C17H19FO/c1-11-8-13(3)15(9-12(11)2)17(19)10-14-6-4-5-7-16(14)18/h4-9,17,19H,10H2,1-3H3. The van der Waals surface area contributed by atoms with Gasteiger partial charge in [-0.05, 0) is 54.7 Å². The van der Waals surface area contributed by atoms with Gasteiger partial charge in [-0.2, -0.15) is 0 Å². The first-order valence-electron chi connectivity index (χ1n) is 6.48. The molecule has 0 fully saturated rings. The summed E-state index contributed by atoms with van der Waals surface area (Å²) in [6, 6.07) is 10.7. The summed E-state index contributed by atoms with van der Waals surface area (Å²) >= 11 is 0. The van der Waals surface area contributed by atoms with Gasteiger partial charge in [0.15, 0.2) is 0 Å². The van der Waals surface area contributed by atoms with Crippen molar-refractivity contribution in [2.45, 2.75) is 33.3 Å². The molecule has 1 atom stereocenters. The van der Waals surface area contributed by atoms with Crippen molar-refractivity contribution >= 4 is 0 Å². The average Bonchev–Trinajstić information content (AvgIpc) is 2.36. The fraction of sp³-hybridized carbons (Fsp3) is 0.294. The second-order valence-corrected chi connectivity index (χ2v) is 5.10. The van der Waals surface area contributed by atoms with E-state index in [1.807, 2.05) is 19.9 Å². The second kappa shape index (κ2) is 5.54. The Labute approximate surface area is 113 Å². The van der Waals surface area contributed by atoms with Crippen molar-refractivity contribution in [2.24, 2.45) is 0 Å². The van der Waals surface area contributed by atoms with E-state index in [0.717, 1.165) is 16.7 Å². The van der Waals surface area contributed by atoms with Crippen LogP contribution >= 0.6 is 0 Å². The lowest BCUT2D eigenvalue weighted by molar-refractivity contribution is 0.176. The first-order valence-corrected chi connectivity index (χ1v) is 6.48. The van der Waals surface area contributed by atoms with Gasteiger partial charge in [0.25, 0.3) is 0 Å². The Bertz CT molecular complexity index is 590. The molecule has 0 saturated carbocycles. The molecule has 2 aromatic rings. The molecule has 1 nitrogen and oxygen atoms in total. The van der Waals surface area contributed by atoms with E-state index in [1.165, 1.54) is 11.6 Å². The maximum absolute atomic E-state index is 13.6. The van der Waals surface area contributed by atoms with Gasteiger partial charge < -0.3 is 5.11 Å². The maximum Gasteiger partial charge on any atom is 0.126 e. The lowest BCUT2D eigenvalue weighted by atomic mass is 9.94. The number of hydrogen-bond acceptors (Lipinski definition) is 1. The molecular formula is C17H19FO. The van der Waals surface area contributed by atoms with E-state index in [1.54, 1.807) is 18.2 Å². The predicted molar refractivity (Wildman–Crippen MR) is 75.7 cm³/mol. The topological polar surface area (TPSA) is 20.2 Å². The summed E-state index contributed by atoms with van der Waals surface area (Å²) in [4.78, 5) is 0. The Balaban J connectivity index is 2.28. The maximum atomic E-state index is 13.6. The molecule has 0 aliphatic carbocycles. The highest BCUT2D eigenvalue weighted by molar-refractivity contribution is 5.38. The van der Waals surface area contributed by atoms with Gasteiger partial charge in [0.05, 0.1) is 6.10 Å². The third kappa shape index (κ3) is 3.02. The SMILES string of the molecule is Cc1cc(C)c(C(O)Cc2ccccc2F)cc1C. The van der Waals surface area contributed by atoms with E-state index < -0.39 is 6.10 Å². The van der Waals surface area contributed by atoms with Crippen LogP contribution in [-0.2, 0) is 6.42 Å². The lowest BCUT2D eigenvalue weighted by Crippen LogP contribution is -2.06. The van der Waals surface area contributed by atoms with Crippen LogP contribution in [0.4, 0.5) is 4.39 Å². The van der Waals surface area contributed by atoms with E-state index in [4.69, 9.17) is 0 Å². The highest BCUT2D eigenvalue weighted by atomic mass is 19.1. The van der Waals surface area contributed by atoms with E-state index in [2.05, 4.69) is 13.0 Å². The van der Waals surface area contributed by atoms with Crippen molar-refractivity contribution in [3.63, 3.8) is 0 Å². The molecule has 0 aliphatic heterocycles. The lowest BCUT2D eigenvalue weighted by Gasteiger charge is -2.16. The number of rotatable bonds is 3. The second-order valence-electron chi connectivity index (χ2n) is 5.10. The Morgan fingerprint density at radius 2 is 1.63 bits per heavy atom. The molecular weight excluding hydrogens is 239 g/mol. The van der Waals surface area contributed by atoms with E-state index in [0.29, 0.717) is 12.0 Å². The minimum absolute atomic E-state index is 0.261. The molecule has 0 radical (unpaired) electrons. The third-order valence-corrected chi connectivity index (χ3v) is 3.61. The Morgan fingerprint density at radius 1 is 1.00 bits per heavy atom. The number of aliphatic hydroxyl groups is 1. The predicted octanol–water partition coefficient (Wildman–Crippen LogP) is 4.03. The van der Waals surface area contributed by atoms with E-state index in [9.17, 15) is 9.50 Å². The molecule has 1 unspecified atom stereocenters. The van der Waals surface area contributed by atoms with Gasteiger partial charge in [-0.3, -0.25) is 0 Å². The number of benzene rings is 2. The monoisotopic (exact) mass is 258 g/mol. The van der Waals surface area contributed by atoms with Crippen LogP contribution in [0.5, 0.6) is 0 Å². The van der Waals surface area contributed by atoms with Gasteiger partial charge in [-0.1, -0.05) is 30.3 Å². The molecule has 0 bridgehead atoms. The smallest absolute Gasteiger partial charge is 0.126 e. The zero-order valence-electron chi connectivity index (χ0n) is 11.6. The largest absolute Gasteiger partial charge is 0.388 e. The minimum Gasteiger partial charge on any atom is -0.388 e. The molecule has 0 aliphatic rings. The normalized spacial score (nSPS) is 12.5. The van der Waals surface area contributed by atoms with Crippen molar-refractivity contribution in [1.29, 1.82) is 0 Å². The molecule has 2 rings (SSSR count). The van der Waals surface area contributed by atoms with E-state index in [-0.39, 0.29) is 5.82 Å². The summed E-state index contributed by atoms with van der Waals surface area (Å²) in [5.41, 5.74) is 4.83. The zero-order valence-corrected chi connectivity index (χ0v) is 11.6. The molecule has 0 saturated heterocycles. The van der Waals surface area contributed by atoms with Gasteiger partial charge in [0, 0.05) is 6.42 Å². The Morgan fingerprint density at radius 3 is 2.32 bits per heavy atom. The van der Waals surface area contributed by atoms with Gasteiger partial charge >= 0.3 is 0 Å². The van der Waals surface area contributed by atoms with Crippen LogP contribution in [0, 0.1) is 26.6 Å². The fourth-order valence-corrected chi connectivity index (χ4v) is 2.32. The summed E-state index contributed by atoms with van der Waals surface area (Å²) in [5, 5.41) is 10.3. The fourth-order valence-electron chi connectivity index (χ4n) is 2.32. The number of hydrogen-bond donors (Lipinski definition) is 1. The van der Waals surface area contributed by atoms with Crippen molar-refractivity contribution in [1.82, 2.24) is 0 Å². The van der Waals surface area contributed by atoms with Gasteiger partial charge in [-0.25, -0.2) is 4.39 Å². The number of aryl methyl sites for hydroxylation is 3. The minimum atomic E-state index is -0.670. The number of halogens is 1. The first-order chi connectivity index (χ1) is 8.99. The molecule has 0 aromatic heterocycles. The van der Waals surface area contributed by atoms with Crippen molar-refractivity contribution in [2.75, 3.05) is 0 Å². The van der Waals surface area contributed by atoms with Crippen LogP contribution in [0.1, 0.15) is 33.9 Å². The van der Waals surface area contributed by atoms with Crippen molar-refractivity contribution in [3.8, 4) is 0 Å². The summed E-state index contributed by atoms with van der Waals surface area (Å²) in [7, 11) is 0. The van der Waals surface area contributed by atoms with Crippen LogP contribution in [0.25, 0.3) is 0 Å². The van der Waals surface area contributed by atoms with E-state index >= 15 is 0 Å². The highest BCUT2D eigenvalue weighted by Crippen LogP contribution is 2.25. The third-order valence-electron chi connectivity index (χ3n) is 3.61. The van der Waals surface area contributed by atoms with Gasteiger partial charge in [0.2, 0.25) is 0 Å². The molecule has 0 spiro atoms. The summed E-state index contributed by atoms with van der Waals surface area (Å²) in [5.74, 6) is -0.261. The quantitative estimate of drug-likeness (QED) is 0.881. The highest BCUT2D eigenvalue weighted by Gasteiger charge is 2.14. The van der Waals surface area contributed by atoms with Crippen LogP contribution in [0.15, 0.2) is 36.4 Å². The van der Waals surface area contributed by atoms with Crippen molar-refractivity contribution in [3.05, 3.63) is 70.0 Å². The molecule has 100 valence electrons. The zero-order chi connectivity index (χ0) is 14.0. The Hall–Kier alpha value is -1.67. The average molecular weight is 258 g/mol. The molecule has 0 heterocycles.